The van der Waals surface area contributed by atoms with E-state index in [4.69, 9.17) is 16.9 Å². The maximum atomic E-state index is 12.0. The standard InChI is InChI=1S/C19H18ClN3O/c20-18-11-6-10-17(23-18)13-16(14-21)19(24)22-12-5-4-9-15-7-2-1-3-8-15/h1-3,6-8,10-11,13H,4-5,9,12H2,(H,22,24). The summed E-state index contributed by atoms with van der Waals surface area (Å²) < 4.78 is 0. The van der Waals surface area contributed by atoms with E-state index in [1.165, 1.54) is 11.6 Å². The number of pyridine rings is 1. The number of benzene rings is 1. The number of hydrogen-bond acceptors (Lipinski definition) is 3. The van der Waals surface area contributed by atoms with E-state index < -0.39 is 0 Å². The third-order valence-corrected chi connectivity index (χ3v) is 3.63. The first-order chi connectivity index (χ1) is 11.7. The van der Waals surface area contributed by atoms with Crippen LogP contribution in [0.15, 0.2) is 54.1 Å². The summed E-state index contributed by atoms with van der Waals surface area (Å²) in [7, 11) is 0. The van der Waals surface area contributed by atoms with Crippen molar-refractivity contribution in [1.29, 1.82) is 5.26 Å². The fourth-order valence-electron chi connectivity index (χ4n) is 2.20. The van der Waals surface area contributed by atoms with E-state index in [0.29, 0.717) is 17.4 Å². The monoisotopic (exact) mass is 339 g/mol. The number of aryl methyl sites for hydroxylation is 1. The van der Waals surface area contributed by atoms with Crippen LogP contribution in [-0.4, -0.2) is 17.4 Å². The fraction of sp³-hybridized carbons (Fsp3) is 0.211. The van der Waals surface area contributed by atoms with Crippen molar-refractivity contribution in [3.63, 3.8) is 0 Å². The lowest BCUT2D eigenvalue weighted by Crippen LogP contribution is -2.25. The Labute approximate surface area is 146 Å². The Morgan fingerprint density at radius 1 is 1.17 bits per heavy atom. The van der Waals surface area contributed by atoms with Crippen LogP contribution in [0.5, 0.6) is 0 Å². The van der Waals surface area contributed by atoms with Gasteiger partial charge in [-0.05, 0) is 43.0 Å². The lowest BCUT2D eigenvalue weighted by atomic mass is 10.1. The van der Waals surface area contributed by atoms with Crippen LogP contribution in [0.25, 0.3) is 6.08 Å². The molecule has 0 radical (unpaired) electrons. The first-order valence-electron chi connectivity index (χ1n) is 7.75. The molecule has 0 saturated carbocycles. The third kappa shape index (κ3) is 5.86. The highest BCUT2D eigenvalue weighted by Crippen LogP contribution is 2.09. The van der Waals surface area contributed by atoms with Gasteiger partial charge in [0.25, 0.3) is 5.91 Å². The number of amides is 1. The Balaban J connectivity index is 1.79. The zero-order valence-electron chi connectivity index (χ0n) is 13.2. The SMILES string of the molecule is N#CC(=Cc1cccc(Cl)n1)C(=O)NCCCCc1ccccc1. The van der Waals surface area contributed by atoms with E-state index in [1.807, 2.05) is 24.3 Å². The van der Waals surface area contributed by atoms with E-state index in [0.717, 1.165) is 19.3 Å². The Morgan fingerprint density at radius 3 is 2.67 bits per heavy atom. The van der Waals surface area contributed by atoms with Gasteiger partial charge < -0.3 is 5.32 Å². The van der Waals surface area contributed by atoms with Gasteiger partial charge in [-0.15, -0.1) is 0 Å². The molecule has 1 aromatic heterocycles. The topological polar surface area (TPSA) is 65.8 Å². The Bertz CT molecular complexity index is 751. The minimum atomic E-state index is -0.390. The first kappa shape index (κ1) is 17.7. The molecule has 1 aromatic carbocycles. The summed E-state index contributed by atoms with van der Waals surface area (Å²) in [6.07, 6.45) is 4.25. The summed E-state index contributed by atoms with van der Waals surface area (Å²) in [4.78, 5) is 16.1. The maximum absolute atomic E-state index is 12.0. The number of aromatic nitrogens is 1. The quantitative estimate of drug-likeness (QED) is 0.361. The van der Waals surface area contributed by atoms with Crippen molar-refractivity contribution in [3.05, 3.63) is 70.5 Å². The van der Waals surface area contributed by atoms with Crippen molar-refractivity contribution in [2.24, 2.45) is 0 Å². The van der Waals surface area contributed by atoms with Gasteiger partial charge in [0, 0.05) is 6.54 Å². The van der Waals surface area contributed by atoms with Crippen LogP contribution in [0.1, 0.15) is 24.1 Å². The molecule has 1 N–H and O–H groups in total. The minimum Gasteiger partial charge on any atom is -0.351 e. The number of halogens is 1. The zero-order valence-corrected chi connectivity index (χ0v) is 14.0. The Kier molecular flexibility index (Phi) is 7.00. The first-order valence-corrected chi connectivity index (χ1v) is 8.13. The molecule has 0 aliphatic heterocycles. The molecule has 0 aliphatic rings. The summed E-state index contributed by atoms with van der Waals surface area (Å²) in [6, 6.07) is 17.2. The van der Waals surface area contributed by atoms with Gasteiger partial charge in [0.2, 0.25) is 0 Å². The van der Waals surface area contributed by atoms with E-state index in [2.05, 4.69) is 22.4 Å². The van der Waals surface area contributed by atoms with Crippen molar-refractivity contribution in [3.8, 4) is 6.07 Å². The van der Waals surface area contributed by atoms with E-state index >= 15 is 0 Å². The van der Waals surface area contributed by atoms with Gasteiger partial charge in [-0.2, -0.15) is 5.26 Å². The van der Waals surface area contributed by atoms with Gasteiger partial charge in [0.1, 0.15) is 16.8 Å². The molecule has 0 aliphatic carbocycles. The number of nitrogens with one attached hydrogen (secondary N) is 1. The molecule has 1 heterocycles. The Hall–Kier alpha value is -2.64. The number of unbranched alkanes of at least 4 members (excludes halogenated alkanes) is 1. The lowest BCUT2D eigenvalue weighted by molar-refractivity contribution is -0.117. The summed E-state index contributed by atoms with van der Waals surface area (Å²) in [5, 5.41) is 12.2. The summed E-state index contributed by atoms with van der Waals surface area (Å²) >= 11 is 5.80. The van der Waals surface area contributed by atoms with Crippen LogP contribution in [0, 0.1) is 11.3 Å². The van der Waals surface area contributed by atoms with Gasteiger partial charge in [-0.25, -0.2) is 4.98 Å². The van der Waals surface area contributed by atoms with Crippen LogP contribution in [0.4, 0.5) is 0 Å². The van der Waals surface area contributed by atoms with Gasteiger partial charge in [0.05, 0.1) is 5.69 Å². The number of hydrogen-bond donors (Lipinski definition) is 1. The molecule has 2 rings (SSSR count). The number of rotatable bonds is 7. The average molecular weight is 340 g/mol. The molecule has 0 unspecified atom stereocenters. The van der Waals surface area contributed by atoms with Gasteiger partial charge in [-0.3, -0.25) is 4.79 Å². The number of nitriles is 1. The summed E-state index contributed by atoms with van der Waals surface area (Å²) in [6.45, 7) is 0.535. The molecule has 5 heteroatoms. The van der Waals surface area contributed by atoms with Gasteiger partial charge in [-0.1, -0.05) is 48.0 Å². The Morgan fingerprint density at radius 2 is 1.96 bits per heavy atom. The molecule has 0 atom stereocenters. The molecule has 1 amide bonds. The predicted molar refractivity (Wildman–Crippen MR) is 95.2 cm³/mol. The molecular weight excluding hydrogens is 322 g/mol. The van der Waals surface area contributed by atoms with Crippen LogP contribution < -0.4 is 5.32 Å². The van der Waals surface area contributed by atoms with E-state index in [-0.39, 0.29) is 11.5 Å². The van der Waals surface area contributed by atoms with Crippen molar-refractivity contribution in [1.82, 2.24) is 10.3 Å². The van der Waals surface area contributed by atoms with Crippen LogP contribution in [0.2, 0.25) is 5.15 Å². The van der Waals surface area contributed by atoms with E-state index in [1.54, 1.807) is 18.2 Å². The number of nitrogens with zero attached hydrogens (tertiary/aromatic N) is 2. The fourth-order valence-corrected chi connectivity index (χ4v) is 2.37. The maximum Gasteiger partial charge on any atom is 0.262 e. The van der Waals surface area contributed by atoms with Crippen molar-refractivity contribution < 1.29 is 4.79 Å². The molecule has 4 nitrogen and oxygen atoms in total. The lowest BCUT2D eigenvalue weighted by Gasteiger charge is -2.05. The van der Waals surface area contributed by atoms with Crippen molar-refractivity contribution >= 4 is 23.6 Å². The highest BCUT2D eigenvalue weighted by molar-refractivity contribution is 6.29. The molecule has 0 spiro atoms. The number of carbonyl (C=O) groups is 1. The second kappa shape index (κ2) is 9.49. The molecule has 24 heavy (non-hydrogen) atoms. The number of carbonyl (C=O) groups excluding carboxylic acids is 1. The summed E-state index contributed by atoms with van der Waals surface area (Å²) in [5.41, 5.74) is 1.79. The smallest absolute Gasteiger partial charge is 0.262 e. The van der Waals surface area contributed by atoms with Crippen LogP contribution in [-0.2, 0) is 11.2 Å². The van der Waals surface area contributed by atoms with E-state index in [9.17, 15) is 4.79 Å². The highest BCUT2D eigenvalue weighted by atomic mass is 35.5. The van der Waals surface area contributed by atoms with Gasteiger partial charge >= 0.3 is 0 Å². The zero-order chi connectivity index (χ0) is 17.2. The molecule has 122 valence electrons. The average Bonchev–Trinajstić information content (AvgIpc) is 2.60. The predicted octanol–water partition coefficient (Wildman–Crippen LogP) is 3.78. The van der Waals surface area contributed by atoms with Crippen molar-refractivity contribution in [2.75, 3.05) is 6.54 Å². The van der Waals surface area contributed by atoms with Gasteiger partial charge in [0.15, 0.2) is 0 Å². The van der Waals surface area contributed by atoms with Crippen LogP contribution in [0.3, 0.4) is 0 Å². The molecule has 2 aromatic rings. The summed E-state index contributed by atoms with van der Waals surface area (Å²) in [5.74, 6) is -0.390. The molecule has 0 fully saturated rings. The molecular formula is C19H18ClN3O. The highest BCUT2D eigenvalue weighted by Gasteiger charge is 2.08. The normalized spacial score (nSPS) is 10.9. The second-order valence-corrected chi connectivity index (χ2v) is 5.64. The second-order valence-electron chi connectivity index (χ2n) is 5.25. The largest absolute Gasteiger partial charge is 0.351 e. The molecule has 0 bridgehead atoms. The van der Waals surface area contributed by atoms with Crippen LogP contribution >= 0.6 is 11.6 Å². The third-order valence-electron chi connectivity index (χ3n) is 3.41. The van der Waals surface area contributed by atoms with Crippen molar-refractivity contribution in [2.45, 2.75) is 19.3 Å². The minimum absolute atomic E-state index is 0.0211. The molecule has 0 saturated heterocycles.